The molecule has 21 heavy (non-hydrogen) atoms. The zero-order valence-electron chi connectivity index (χ0n) is 11.8. The summed E-state index contributed by atoms with van der Waals surface area (Å²) in [5, 5.41) is 24.1. The zero-order valence-corrected chi connectivity index (χ0v) is 11.8. The van der Waals surface area contributed by atoms with E-state index in [1.54, 1.807) is 37.3 Å². The van der Waals surface area contributed by atoms with Crippen LogP contribution in [0.25, 0.3) is 0 Å². The number of hydrogen-bond donors (Lipinski definition) is 2. The van der Waals surface area contributed by atoms with Gasteiger partial charge in [0.15, 0.2) is 11.5 Å². The molecule has 2 aromatic rings. The van der Waals surface area contributed by atoms with Crippen molar-refractivity contribution >= 4 is 11.4 Å². The molecule has 6 nitrogen and oxygen atoms in total. The van der Waals surface area contributed by atoms with Crippen LogP contribution >= 0.6 is 0 Å². The van der Waals surface area contributed by atoms with Gasteiger partial charge in [0.1, 0.15) is 5.69 Å². The summed E-state index contributed by atoms with van der Waals surface area (Å²) in [5.74, 6) is 0.400. The van der Waals surface area contributed by atoms with Crippen LogP contribution in [0.2, 0.25) is 0 Å². The van der Waals surface area contributed by atoms with Gasteiger partial charge < -0.3 is 15.2 Å². The third-order valence-electron chi connectivity index (χ3n) is 3.21. The van der Waals surface area contributed by atoms with Gasteiger partial charge in [0.2, 0.25) is 0 Å². The Balaban J connectivity index is 2.27. The normalized spacial score (nSPS) is 10.2. The lowest BCUT2D eigenvalue weighted by molar-refractivity contribution is -0.384. The molecular weight excluding hydrogens is 272 g/mol. The Labute approximate surface area is 122 Å². The Kier molecular flexibility index (Phi) is 4.27. The van der Waals surface area contributed by atoms with Crippen molar-refractivity contribution in [2.75, 3.05) is 12.4 Å². The molecule has 0 aliphatic rings. The molecule has 0 aliphatic heterocycles. The smallest absolute Gasteiger partial charge is 0.292 e. The maximum absolute atomic E-state index is 11.0. The number of nitrogens with one attached hydrogen (secondary N) is 1. The number of aromatic hydroxyl groups is 1. The molecular formula is C15H16N2O4. The SMILES string of the molecule is COc1cccc(CNc2c(C)cccc2[N+](=O)[O-])c1O. The van der Waals surface area contributed by atoms with Crippen molar-refractivity contribution in [1.29, 1.82) is 0 Å². The van der Waals surface area contributed by atoms with Crippen molar-refractivity contribution in [3.63, 3.8) is 0 Å². The lowest BCUT2D eigenvalue weighted by atomic mass is 10.1. The predicted molar refractivity (Wildman–Crippen MR) is 79.8 cm³/mol. The molecule has 0 heterocycles. The first-order valence-electron chi connectivity index (χ1n) is 6.37. The minimum Gasteiger partial charge on any atom is -0.504 e. The fourth-order valence-electron chi connectivity index (χ4n) is 2.09. The molecule has 110 valence electrons. The van der Waals surface area contributed by atoms with Gasteiger partial charge >= 0.3 is 0 Å². The van der Waals surface area contributed by atoms with Gasteiger partial charge in [0.05, 0.1) is 12.0 Å². The number of anilines is 1. The van der Waals surface area contributed by atoms with Gasteiger partial charge in [-0.05, 0) is 18.6 Å². The summed E-state index contributed by atoms with van der Waals surface area (Å²) in [5.41, 5.74) is 1.83. The van der Waals surface area contributed by atoms with Crippen LogP contribution < -0.4 is 10.1 Å². The predicted octanol–water partition coefficient (Wildman–Crippen LogP) is 3.23. The number of methoxy groups -OCH3 is 1. The molecule has 0 bridgehead atoms. The molecule has 0 saturated heterocycles. The molecule has 0 radical (unpaired) electrons. The van der Waals surface area contributed by atoms with Crippen LogP contribution in [0.15, 0.2) is 36.4 Å². The summed E-state index contributed by atoms with van der Waals surface area (Å²) in [6.45, 7) is 2.05. The largest absolute Gasteiger partial charge is 0.504 e. The molecule has 2 N–H and O–H groups in total. The number of nitro groups is 1. The van der Waals surface area contributed by atoms with Gasteiger partial charge in [-0.3, -0.25) is 10.1 Å². The third kappa shape index (κ3) is 3.05. The second-order valence-electron chi connectivity index (χ2n) is 4.55. The summed E-state index contributed by atoms with van der Waals surface area (Å²) >= 11 is 0. The highest BCUT2D eigenvalue weighted by Crippen LogP contribution is 2.32. The second-order valence-corrected chi connectivity index (χ2v) is 4.55. The first kappa shape index (κ1) is 14.6. The van der Waals surface area contributed by atoms with E-state index in [0.717, 1.165) is 5.56 Å². The average molecular weight is 288 g/mol. The number of phenolic OH excluding ortho intramolecular Hbond substituents is 1. The second kappa shape index (κ2) is 6.13. The van der Waals surface area contributed by atoms with Crippen molar-refractivity contribution in [2.45, 2.75) is 13.5 Å². The Bertz CT molecular complexity index is 671. The molecule has 0 atom stereocenters. The van der Waals surface area contributed by atoms with E-state index in [-0.39, 0.29) is 18.0 Å². The number of ether oxygens (including phenoxy) is 1. The van der Waals surface area contributed by atoms with Gasteiger partial charge in [-0.2, -0.15) is 0 Å². The molecule has 2 rings (SSSR count). The number of nitrogens with zero attached hydrogens (tertiary/aromatic N) is 1. The van der Waals surface area contributed by atoms with Crippen LogP contribution in [0.4, 0.5) is 11.4 Å². The minimum absolute atomic E-state index is 0.0115. The zero-order chi connectivity index (χ0) is 15.4. The average Bonchev–Trinajstić information content (AvgIpc) is 2.47. The molecule has 0 aliphatic carbocycles. The fourth-order valence-corrected chi connectivity index (χ4v) is 2.09. The lowest BCUT2D eigenvalue weighted by Crippen LogP contribution is -2.05. The van der Waals surface area contributed by atoms with E-state index >= 15 is 0 Å². The highest BCUT2D eigenvalue weighted by molar-refractivity contribution is 5.66. The Morgan fingerprint density at radius 2 is 2.00 bits per heavy atom. The number of rotatable bonds is 5. The van der Waals surface area contributed by atoms with E-state index in [4.69, 9.17) is 4.74 Å². The van der Waals surface area contributed by atoms with Gasteiger partial charge in [-0.1, -0.05) is 24.3 Å². The van der Waals surface area contributed by atoms with Gasteiger partial charge in [0.25, 0.3) is 5.69 Å². The van der Waals surface area contributed by atoms with Gasteiger partial charge in [0, 0.05) is 18.2 Å². The van der Waals surface area contributed by atoms with Crippen molar-refractivity contribution in [3.05, 3.63) is 57.6 Å². The van der Waals surface area contributed by atoms with E-state index in [1.807, 2.05) is 0 Å². The lowest BCUT2D eigenvalue weighted by Gasteiger charge is -2.12. The van der Waals surface area contributed by atoms with E-state index < -0.39 is 4.92 Å². The fraction of sp³-hybridized carbons (Fsp3) is 0.200. The maximum atomic E-state index is 11.0. The Morgan fingerprint density at radius 1 is 1.29 bits per heavy atom. The van der Waals surface area contributed by atoms with E-state index in [2.05, 4.69) is 5.32 Å². The highest BCUT2D eigenvalue weighted by atomic mass is 16.6. The van der Waals surface area contributed by atoms with Crippen LogP contribution in [0.5, 0.6) is 11.5 Å². The quantitative estimate of drug-likeness (QED) is 0.651. The van der Waals surface area contributed by atoms with Crippen LogP contribution in [0.1, 0.15) is 11.1 Å². The molecule has 0 unspecified atom stereocenters. The Hall–Kier alpha value is -2.76. The first-order chi connectivity index (χ1) is 10.0. The maximum Gasteiger partial charge on any atom is 0.292 e. The molecule has 2 aromatic carbocycles. The van der Waals surface area contributed by atoms with Crippen molar-refractivity contribution in [2.24, 2.45) is 0 Å². The van der Waals surface area contributed by atoms with E-state index in [0.29, 0.717) is 17.0 Å². The summed E-state index contributed by atoms with van der Waals surface area (Å²) in [7, 11) is 1.47. The molecule has 0 aromatic heterocycles. The van der Waals surface area contributed by atoms with E-state index in [9.17, 15) is 15.2 Å². The van der Waals surface area contributed by atoms with Crippen LogP contribution in [0, 0.1) is 17.0 Å². The molecule has 6 heteroatoms. The monoisotopic (exact) mass is 288 g/mol. The molecule has 0 amide bonds. The topological polar surface area (TPSA) is 84.6 Å². The van der Waals surface area contributed by atoms with Crippen molar-refractivity contribution in [3.8, 4) is 11.5 Å². The number of benzene rings is 2. The first-order valence-corrected chi connectivity index (χ1v) is 6.37. The van der Waals surface area contributed by atoms with Crippen molar-refractivity contribution < 1.29 is 14.8 Å². The van der Waals surface area contributed by atoms with E-state index in [1.165, 1.54) is 13.2 Å². The number of nitro benzene ring substituents is 1. The summed E-state index contributed by atoms with van der Waals surface area (Å²) in [6.07, 6.45) is 0. The number of aryl methyl sites for hydroxylation is 1. The van der Waals surface area contributed by atoms with Crippen molar-refractivity contribution in [1.82, 2.24) is 0 Å². The summed E-state index contributed by atoms with van der Waals surface area (Å²) in [4.78, 5) is 10.6. The standard InChI is InChI=1S/C15H16N2O4/c1-10-5-3-7-12(17(19)20)14(10)16-9-11-6-4-8-13(21-2)15(11)18/h3-8,16,18H,9H2,1-2H3. The third-order valence-corrected chi connectivity index (χ3v) is 3.21. The number of phenols is 1. The molecule has 0 fully saturated rings. The molecule has 0 spiro atoms. The molecule has 0 saturated carbocycles. The summed E-state index contributed by atoms with van der Waals surface area (Å²) < 4.78 is 5.04. The van der Waals surface area contributed by atoms with Gasteiger partial charge in [-0.15, -0.1) is 0 Å². The van der Waals surface area contributed by atoms with Gasteiger partial charge in [-0.25, -0.2) is 0 Å². The summed E-state index contributed by atoms with van der Waals surface area (Å²) in [6, 6.07) is 10.0. The Morgan fingerprint density at radius 3 is 2.67 bits per heavy atom. The minimum atomic E-state index is -0.430. The number of hydrogen-bond acceptors (Lipinski definition) is 5. The van der Waals surface area contributed by atoms with Crippen LogP contribution in [0.3, 0.4) is 0 Å². The van der Waals surface area contributed by atoms with Crippen LogP contribution in [-0.2, 0) is 6.54 Å². The van der Waals surface area contributed by atoms with Crippen LogP contribution in [-0.4, -0.2) is 17.1 Å². The highest BCUT2D eigenvalue weighted by Gasteiger charge is 2.16. The number of para-hydroxylation sites is 2.